The quantitative estimate of drug-likeness (QED) is 0.901. The molecule has 0 saturated heterocycles. The predicted molar refractivity (Wildman–Crippen MR) is 86.0 cm³/mol. The van der Waals surface area contributed by atoms with Crippen LogP contribution >= 0.6 is 11.6 Å². The number of rotatable bonds is 5. The average molecular weight is 324 g/mol. The van der Waals surface area contributed by atoms with Crippen LogP contribution in [0.15, 0.2) is 53.4 Å². The number of hydrogen-bond acceptors (Lipinski definition) is 2. The number of aryl methyl sites for hydroxylation is 1. The summed E-state index contributed by atoms with van der Waals surface area (Å²) in [5, 5.41) is 0.226. The standard InChI is InChI=1S/C16H18ClNO2S/c1-3-15(13-10-8-12(2)9-11-13)18-21(19,20)16-7-5-4-6-14(16)17/h4-11,15,18H,3H2,1-2H3. The fourth-order valence-corrected chi connectivity index (χ4v) is 3.93. The number of sulfonamides is 1. The van der Waals surface area contributed by atoms with Crippen molar-refractivity contribution in [2.75, 3.05) is 0 Å². The zero-order valence-electron chi connectivity index (χ0n) is 12.0. The maximum Gasteiger partial charge on any atom is 0.242 e. The van der Waals surface area contributed by atoms with E-state index in [2.05, 4.69) is 4.72 Å². The second kappa shape index (κ2) is 6.60. The second-order valence-corrected chi connectivity index (χ2v) is 7.01. The molecule has 1 unspecified atom stereocenters. The zero-order valence-corrected chi connectivity index (χ0v) is 13.6. The van der Waals surface area contributed by atoms with Crippen LogP contribution in [0.1, 0.15) is 30.5 Å². The van der Waals surface area contributed by atoms with E-state index in [1.807, 2.05) is 38.1 Å². The molecule has 0 aliphatic rings. The first-order valence-electron chi connectivity index (χ1n) is 6.77. The van der Waals surface area contributed by atoms with Crippen molar-refractivity contribution in [3.63, 3.8) is 0 Å². The van der Waals surface area contributed by atoms with E-state index in [0.717, 1.165) is 11.1 Å². The SMILES string of the molecule is CCC(NS(=O)(=O)c1ccccc1Cl)c1ccc(C)cc1. The first-order chi connectivity index (χ1) is 9.94. The van der Waals surface area contributed by atoms with E-state index in [1.54, 1.807) is 18.2 Å². The van der Waals surface area contributed by atoms with Gasteiger partial charge in [-0.05, 0) is 31.0 Å². The second-order valence-electron chi connectivity index (χ2n) is 4.92. The van der Waals surface area contributed by atoms with Crippen molar-refractivity contribution in [1.29, 1.82) is 0 Å². The van der Waals surface area contributed by atoms with E-state index in [9.17, 15) is 8.42 Å². The topological polar surface area (TPSA) is 46.2 Å². The fourth-order valence-electron chi connectivity index (χ4n) is 2.10. The van der Waals surface area contributed by atoms with E-state index < -0.39 is 10.0 Å². The normalized spacial score (nSPS) is 13.1. The highest BCUT2D eigenvalue weighted by Gasteiger charge is 2.22. The summed E-state index contributed by atoms with van der Waals surface area (Å²) in [4.78, 5) is 0.109. The summed E-state index contributed by atoms with van der Waals surface area (Å²) < 4.78 is 27.7. The van der Waals surface area contributed by atoms with E-state index in [-0.39, 0.29) is 16.0 Å². The highest BCUT2D eigenvalue weighted by molar-refractivity contribution is 7.89. The molecular weight excluding hydrogens is 306 g/mol. The largest absolute Gasteiger partial charge is 0.242 e. The molecule has 0 radical (unpaired) electrons. The molecule has 0 aliphatic carbocycles. The molecule has 2 aromatic rings. The van der Waals surface area contributed by atoms with Gasteiger partial charge in [-0.2, -0.15) is 0 Å². The first kappa shape index (κ1) is 16.0. The summed E-state index contributed by atoms with van der Waals surface area (Å²) in [6.45, 7) is 3.94. The Morgan fingerprint density at radius 1 is 1.10 bits per heavy atom. The Balaban J connectivity index is 2.30. The molecule has 0 aromatic heterocycles. The van der Waals surface area contributed by atoms with E-state index >= 15 is 0 Å². The maximum atomic E-state index is 12.5. The molecule has 2 aromatic carbocycles. The van der Waals surface area contributed by atoms with Crippen molar-refractivity contribution >= 4 is 21.6 Å². The molecule has 1 atom stereocenters. The Labute approximate surface area is 131 Å². The van der Waals surface area contributed by atoms with Crippen molar-refractivity contribution in [2.24, 2.45) is 0 Å². The monoisotopic (exact) mass is 323 g/mol. The smallest absolute Gasteiger partial charge is 0.207 e. The van der Waals surface area contributed by atoms with E-state index in [1.165, 1.54) is 6.07 Å². The first-order valence-corrected chi connectivity index (χ1v) is 8.63. The van der Waals surface area contributed by atoms with Crippen molar-refractivity contribution < 1.29 is 8.42 Å². The van der Waals surface area contributed by atoms with Crippen molar-refractivity contribution in [3.8, 4) is 0 Å². The van der Waals surface area contributed by atoms with Crippen LogP contribution in [0.3, 0.4) is 0 Å². The average Bonchev–Trinajstić information content (AvgIpc) is 2.46. The van der Waals surface area contributed by atoms with E-state index in [4.69, 9.17) is 11.6 Å². The molecule has 112 valence electrons. The zero-order chi connectivity index (χ0) is 15.5. The van der Waals surface area contributed by atoms with Crippen molar-refractivity contribution in [1.82, 2.24) is 4.72 Å². The number of halogens is 1. The van der Waals surface area contributed by atoms with Crippen LogP contribution in [0, 0.1) is 6.92 Å². The van der Waals surface area contributed by atoms with Gasteiger partial charge in [0.2, 0.25) is 10.0 Å². The van der Waals surface area contributed by atoms with Gasteiger partial charge in [0, 0.05) is 6.04 Å². The van der Waals surface area contributed by atoms with Crippen LogP contribution in [0.25, 0.3) is 0 Å². The molecule has 0 fully saturated rings. The van der Waals surface area contributed by atoms with Gasteiger partial charge >= 0.3 is 0 Å². The van der Waals surface area contributed by atoms with Crippen LogP contribution in [0.5, 0.6) is 0 Å². The van der Waals surface area contributed by atoms with Gasteiger partial charge in [0.1, 0.15) is 4.90 Å². The van der Waals surface area contributed by atoms with Crippen LogP contribution < -0.4 is 4.72 Å². The molecule has 0 aliphatic heterocycles. The lowest BCUT2D eigenvalue weighted by Crippen LogP contribution is -2.28. The van der Waals surface area contributed by atoms with Gasteiger partial charge in [0.05, 0.1) is 5.02 Å². The highest BCUT2D eigenvalue weighted by atomic mass is 35.5. The Hall–Kier alpha value is -1.36. The number of hydrogen-bond donors (Lipinski definition) is 1. The Morgan fingerprint density at radius 3 is 2.29 bits per heavy atom. The molecule has 0 bridgehead atoms. The molecule has 0 saturated carbocycles. The van der Waals surface area contributed by atoms with Gasteiger partial charge in [-0.15, -0.1) is 0 Å². The van der Waals surface area contributed by atoms with Gasteiger partial charge in [-0.1, -0.05) is 60.5 Å². The molecule has 2 rings (SSSR count). The van der Waals surface area contributed by atoms with E-state index in [0.29, 0.717) is 6.42 Å². The molecular formula is C16H18ClNO2S. The minimum absolute atomic E-state index is 0.109. The van der Waals surface area contributed by atoms with Gasteiger partial charge < -0.3 is 0 Å². The van der Waals surface area contributed by atoms with Crippen LogP contribution in [0.4, 0.5) is 0 Å². The maximum absolute atomic E-state index is 12.5. The van der Waals surface area contributed by atoms with Crippen molar-refractivity contribution in [2.45, 2.75) is 31.2 Å². The van der Waals surface area contributed by atoms with Gasteiger partial charge in [0.25, 0.3) is 0 Å². The summed E-state index contributed by atoms with van der Waals surface area (Å²) in [6.07, 6.45) is 0.659. The van der Waals surface area contributed by atoms with Gasteiger partial charge in [-0.25, -0.2) is 13.1 Å². The van der Waals surface area contributed by atoms with Crippen LogP contribution in [-0.2, 0) is 10.0 Å². The molecule has 5 heteroatoms. The summed E-state index contributed by atoms with van der Waals surface area (Å²) in [5.41, 5.74) is 2.08. The predicted octanol–water partition coefficient (Wildman–Crippen LogP) is 4.08. The molecule has 1 N–H and O–H groups in total. The Morgan fingerprint density at radius 2 is 1.71 bits per heavy atom. The number of nitrogens with one attached hydrogen (secondary N) is 1. The molecule has 0 spiro atoms. The fraction of sp³-hybridized carbons (Fsp3) is 0.250. The molecule has 0 amide bonds. The minimum Gasteiger partial charge on any atom is -0.207 e. The van der Waals surface area contributed by atoms with Gasteiger partial charge in [-0.3, -0.25) is 0 Å². The Kier molecular flexibility index (Phi) is 5.04. The summed E-state index contributed by atoms with van der Waals surface area (Å²) in [6, 6.07) is 14.0. The lowest BCUT2D eigenvalue weighted by molar-refractivity contribution is 0.550. The lowest BCUT2D eigenvalue weighted by Gasteiger charge is -2.18. The summed E-state index contributed by atoms with van der Waals surface area (Å²) in [7, 11) is -3.64. The molecule has 3 nitrogen and oxygen atoms in total. The van der Waals surface area contributed by atoms with Crippen molar-refractivity contribution in [3.05, 3.63) is 64.7 Å². The third-order valence-electron chi connectivity index (χ3n) is 3.31. The summed E-state index contributed by atoms with van der Waals surface area (Å²) in [5.74, 6) is 0. The third-order valence-corrected chi connectivity index (χ3v) is 5.28. The molecule has 0 heterocycles. The highest BCUT2D eigenvalue weighted by Crippen LogP contribution is 2.24. The lowest BCUT2D eigenvalue weighted by atomic mass is 10.0. The van der Waals surface area contributed by atoms with Crippen LogP contribution in [-0.4, -0.2) is 8.42 Å². The van der Waals surface area contributed by atoms with Gasteiger partial charge in [0.15, 0.2) is 0 Å². The number of benzene rings is 2. The minimum atomic E-state index is -3.64. The molecule has 21 heavy (non-hydrogen) atoms. The van der Waals surface area contributed by atoms with Crippen LogP contribution in [0.2, 0.25) is 5.02 Å². The summed E-state index contributed by atoms with van der Waals surface area (Å²) >= 11 is 5.98. The third kappa shape index (κ3) is 3.84. The Bertz CT molecular complexity index is 711.